The molecule has 4 aromatic carbocycles. The van der Waals surface area contributed by atoms with Crippen molar-refractivity contribution < 1.29 is 18.0 Å². The van der Waals surface area contributed by atoms with Crippen molar-refractivity contribution in [2.75, 3.05) is 17.9 Å². The van der Waals surface area contributed by atoms with E-state index in [4.69, 9.17) is 46.4 Å². The van der Waals surface area contributed by atoms with Gasteiger partial charge in [0.2, 0.25) is 11.8 Å². The zero-order valence-corrected chi connectivity index (χ0v) is 26.7. The molecule has 224 valence electrons. The first-order valence-corrected chi connectivity index (χ1v) is 16.0. The van der Waals surface area contributed by atoms with Crippen LogP contribution in [0.25, 0.3) is 0 Å². The number of carbonyl (C=O) groups is 2. The predicted molar refractivity (Wildman–Crippen MR) is 172 cm³/mol. The molecular formula is C31H27Cl4N3O4S. The number of anilines is 1. The lowest BCUT2D eigenvalue weighted by atomic mass is 10.0. The number of sulfonamides is 1. The van der Waals surface area contributed by atoms with E-state index in [0.717, 1.165) is 9.87 Å². The number of nitrogens with one attached hydrogen (secondary N) is 1. The predicted octanol–water partition coefficient (Wildman–Crippen LogP) is 6.88. The van der Waals surface area contributed by atoms with Crippen molar-refractivity contribution in [1.82, 2.24) is 10.2 Å². The monoisotopic (exact) mass is 677 g/mol. The third-order valence-electron chi connectivity index (χ3n) is 6.67. The van der Waals surface area contributed by atoms with Gasteiger partial charge in [-0.2, -0.15) is 0 Å². The van der Waals surface area contributed by atoms with Crippen molar-refractivity contribution in [3.05, 3.63) is 128 Å². The molecule has 12 heteroatoms. The van der Waals surface area contributed by atoms with E-state index in [2.05, 4.69) is 5.32 Å². The van der Waals surface area contributed by atoms with Gasteiger partial charge in [-0.1, -0.05) is 101 Å². The minimum absolute atomic E-state index is 0.0340. The van der Waals surface area contributed by atoms with Gasteiger partial charge in [-0.15, -0.1) is 0 Å². The van der Waals surface area contributed by atoms with E-state index in [0.29, 0.717) is 15.6 Å². The number of carbonyl (C=O) groups excluding carboxylic acids is 2. The number of hydrogen-bond donors (Lipinski definition) is 1. The SMILES string of the molecule is CNC(=O)C(Cc1ccccc1)N(Cc1ccc(Cl)cc1Cl)C(=O)CN(c1ccc(Cl)c(Cl)c1)S(=O)(=O)c1ccccc1. The molecule has 7 nitrogen and oxygen atoms in total. The molecule has 4 rings (SSSR count). The topological polar surface area (TPSA) is 86.8 Å². The molecule has 1 atom stereocenters. The minimum Gasteiger partial charge on any atom is -0.357 e. The fraction of sp³-hybridized carbons (Fsp3) is 0.161. The van der Waals surface area contributed by atoms with Crippen molar-refractivity contribution in [3.63, 3.8) is 0 Å². The van der Waals surface area contributed by atoms with Gasteiger partial charge in [0.15, 0.2) is 0 Å². The van der Waals surface area contributed by atoms with Gasteiger partial charge in [-0.05, 0) is 53.6 Å². The van der Waals surface area contributed by atoms with Crippen LogP contribution in [0.1, 0.15) is 11.1 Å². The summed E-state index contributed by atoms with van der Waals surface area (Å²) in [5.74, 6) is -1.09. The number of benzene rings is 4. The van der Waals surface area contributed by atoms with E-state index in [9.17, 15) is 18.0 Å². The lowest BCUT2D eigenvalue weighted by Crippen LogP contribution is -2.53. The van der Waals surface area contributed by atoms with E-state index < -0.39 is 34.4 Å². The van der Waals surface area contributed by atoms with E-state index in [1.165, 1.54) is 48.3 Å². The number of nitrogens with zero attached hydrogens (tertiary/aromatic N) is 2. The summed E-state index contributed by atoms with van der Waals surface area (Å²) in [5.41, 5.74) is 1.44. The average molecular weight is 679 g/mol. The van der Waals surface area contributed by atoms with Crippen molar-refractivity contribution in [1.29, 1.82) is 0 Å². The van der Waals surface area contributed by atoms with Crippen LogP contribution in [-0.4, -0.2) is 44.8 Å². The molecule has 0 saturated heterocycles. The highest BCUT2D eigenvalue weighted by molar-refractivity contribution is 7.92. The second-order valence-corrected chi connectivity index (χ2v) is 13.0. The lowest BCUT2D eigenvalue weighted by Gasteiger charge is -2.33. The highest BCUT2D eigenvalue weighted by Gasteiger charge is 2.34. The Bertz CT molecular complexity index is 1710. The van der Waals surface area contributed by atoms with Crippen molar-refractivity contribution in [2.24, 2.45) is 0 Å². The molecule has 1 N–H and O–H groups in total. The van der Waals surface area contributed by atoms with Crippen LogP contribution in [-0.2, 0) is 32.6 Å². The maximum absolute atomic E-state index is 14.3. The molecule has 0 saturated carbocycles. The maximum Gasteiger partial charge on any atom is 0.264 e. The Morgan fingerprint density at radius 2 is 1.44 bits per heavy atom. The Hall–Kier alpha value is -3.27. The second-order valence-electron chi connectivity index (χ2n) is 9.50. The molecule has 0 radical (unpaired) electrons. The number of amides is 2. The third-order valence-corrected chi connectivity index (χ3v) is 9.79. The minimum atomic E-state index is -4.27. The Kier molecular flexibility index (Phi) is 11.0. The lowest BCUT2D eigenvalue weighted by molar-refractivity contribution is -0.139. The summed E-state index contributed by atoms with van der Waals surface area (Å²) >= 11 is 25.0. The Morgan fingerprint density at radius 3 is 2.05 bits per heavy atom. The van der Waals surface area contributed by atoms with Crippen LogP contribution in [0.3, 0.4) is 0 Å². The summed E-state index contributed by atoms with van der Waals surface area (Å²) in [5, 5.41) is 3.65. The molecule has 0 aromatic heterocycles. The maximum atomic E-state index is 14.3. The summed E-state index contributed by atoms with van der Waals surface area (Å²) in [7, 11) is -2.80. The van der Waals surface area contributed by atoms with Gasteiger partial charge in [0.1, 0.15) is 12.6 Å². The van der Waals surface area contributed by atoms with Gasteiger partial charge < -0.3 is 10.2 Å². The fourth-order valence-corrected chi connectivity index (χ4v) is 6.63. The Labute approximate surface area is 271 Å². The Morgan fingerprint density at radius 1 is 0.791 bits per heavy atom. The summed E-state index contributed by atoms with van der Waals surface area (Å²) in [6.45, 7) is -0.747. The largest absolute Gasteiger partial charge is 0.357 e. The average Bonchev–Trinajstić information content (AvgIpc) is 3.00. The normalized spacial score (nSPS) is 11.9. The number of likely N-dealkylation sites (N-methyl/N-ethyl adjacent to an activating group) is 1. The molecule has 0 bridgehead atoms. The molecule has 1 unspecified atom stereocenters. The molecule has 2 amide bonds. The summed E-state index contributed by atoms with van der Waals surface area (Å²) in [6.07, 6.45) is 0.162. The quantitative estimate of drug-likeness (QED) is 0.187. The van der Waals surface area contributed by atoms with Crippen LogP contribution in [0.4, 0.5) is 5.69 Å². The third kappa shape index (κ3) is 8.02. The first-order chi connectivity index (χ1) is 20.5. The van der Waals surface area contributed by atoms with Gasteiger partial charge in [0.25, 0.3) is 10.0 Å². The first kappa shape index (κ1) is 32.6. The molecule has 0 fully saturated rings. The molecule has 0 heterocycles. The summed E-state index contributed by atoms with van der Waals surface area (Å²) in [6, 6.07) is 25.0. The van der Waals surface area contributed by atoms with Crippen LogP contribution in [0, 0.1) is 0 Å². The molecular weight excluding hydrogens is 652 g/mol. The molecule has 43 heavy (non-hydrogen) atoms. The van der Waals surface area contributed by atoms with Gasteiger partial charge in [0, 0.05) is 30.1 Å². The van der Waals surface area contributed by atoms with Crippen LogP contribution in [0.5, 0.6) is 0 Å². The smallest absolute Gasteiger partial charge is 0.264 e. The zero-order valence-electron chi connectivity index (χ0n) is 22.9. The standard InChI is InChI=1S/C31H27Cl4N3O4S/c1-36-31(40)29(16-21-8-4-2-5-9-21)37(19-22-12-13-23(32)17-27(22)34)30(39)20-38(24-14-15-26(33)28(35)18-24)43(41,42)25-10-6-3-7-11-25/h2-15,17-18,29H,16,19-20H2,1H3,(H,36,40). The number of rotatable bonds is 11. The fourth-order valence-electron chi connectivity index (χ4n) is 4.44. The molecule has 0 spiro atoms. The van der Waals surface area contributed by atoms with Crippen LogP contribution >= 0.6 is 46.4 Å². The van der Waals surface area contributed by atoms with Gasteiger partial charge in [-0.25, -0.2) is 8.42 Å². The highest BCUT2D eigenvalue weighted by atomic mass is 35.5. The Balaban J connectivity index is 1.82. The molecule has 4 aromatic rings. The molecule has 0 aliphatic carbocycles. The highest BCUT2D eigenvalue weighted by Crippen LogP contribution is 2.31. The second kappa shape index (κ2) is 14.5. The zero-order chi connectivity index (χ0) is 31.1. The van der Waals surface area contributed by atoms with Gasteiger partial charge >= 0.3 is 0 Å². The number of hydrogen-bond acceptors (Lipinski definition) is 4. The van der Waals surface area contributed by atoms with Crippen LogP contribution in [0.2, 0.25) is 20.1 Å². The van der Waals surface area contributed by atoms with E-state index >= 15 is 0 Å². The van der Waals surface area contributed by atoms with Crippen LogP contribution in [0.15, 0.2) is 102 Å². The van der Waals surface area contributed by atoms with Gasteiger partial charge in [0.05, 0.1) is 20.6 Å². The molecule has 0 aliphatic heterocycles. The van der Waals surface area contributed by atoms with E-state index in [1.54, 1.807) is 30.3 Å². The molecule has 0 aliphatic rings. The van der Waals surface area contributed by atoms with E-state index in [-0.39, 0.29) is 33.6 Å². The first-order valence-electron chi connectivity index (χ1n) is 13.0. The number of halogens is 4. The van der Waals surface area contributed by atoms with Gasteiger partial charge in [-0.3, -0.25) is 13.9 Å². The van der Waals surface area contributed by atoms with Crippen molar-refractivity contribution >= 4 is 73.9 Å². The summed E-state index contributed by atoms with van der Waals surface area (Å²) in [4.78, 5) is 28.9. The summed E-state index contributed by atoms with van der Waals surface area (Å²) < 4.78 is 28.9. The van der Waals surface area contributed by atoms with Crippen LogP contribution < -0.4 is 9.62 Å². The van der Waals surface area contributed by atoms with Crippen molar-refractivity contribution in [2.45, 2.75) is 23.9 Å². The van der Waals surface area contributed by atoms with Crippen molar-refractivity contribution in [3.8, 4) is 0 Å². The van der Waals surface area contributed by atoms with E-state index in [1.807, 2.05) is 30.3 Å².